The zero-order valence-electron chi connectivity index (χ0n) is 10.9. The number of nitrogens with zero attached hydrogens (tertiary/aromatic N) is 1. The number of hydrogen-bond donors (Lipinski definition) is 2. The summed E-state index contributed by atoms with van der Waals surface area (Å²) in [6.45, 7) is 4.36. The van der Waals surface area contributed by atoms with Gasteiger partial charge in [-0.2, -0.15) is 0 Å². The van der Waals surface area contributed by atoms with Crippen molar-refractivity contribution in [2.75, 3.05) is 11.9 Å². The molecule has 1 amide bonds. The summed E-state index contributed by atoms with van der Waals surface area (Å²) in [5, 5.41) is 6.61. The first-order valence-electron chi connectivity index (χ1n) is 6.14. The lowest BCUT2D eigenvalue weighted by Crippen LogP contribution is -2.31. The van der Waals surface area contributed by atoms with Gasteiger partial charge in [-0.1, -0.05) is 11.3 Å². The molecule has 0 fully saturated rings. The Balaban J connectivity index is 1.89. The number of hydrogen-bond acceptors (Lipinski definition) is 4. The van der Waals surface area contributed by atoms with E-state index in [1.54, 1.807) is 6.07 Å². The Morgan fingerprint density at radius 1 is 1.47 bits per heavy atom. The number of aromatic nitrogens is 1. The van der Waals surface area contributed by atoms with Crippen LogP contribution in [0.25, 0.3) is 10.2 Å². The Morgan fingerprint density at radius 3 is 3.00 bits per heavy atom. The molecule has 6 heteroatoms. The Hall–Kier alpha value is -1.69. The second kappa shape index (κ2) is 5.97. The van der Waals surface area contributed by atoms with Crippen LogP contribution in [0.2, 0.25) is 0 Å². The molecule has 0 saturated carbocycles. The lowest BCUT2D eigenvalue weighted by atomic mass is 10.3. The summed E-state index contributed by atoms with van der Waals surface area (Å²) in [5.41, 5.74) is 0.638. The number of amides is 1. The minimum absolute atomic E-state index is 0.00894. The van der Waals surface area contributed by atoms with Crippen molar-refractivity contribution in [2.24, 2.45) is 0 Å². The van der Waals surface area contributed by atoms with Gasteiger partial charge < -0.3 is 10.6 Å². The molecule has 0 spiro atoms. The summed E-state index contributed by atoms with van der Waals surface area (Å²) >= 11 is 1.45. The third-order valence-electron chi connectivity index (χ3n) is 2.43. The van der Waals surface area contributed by atoms with Gasteiger partial charge in [0.05, 0.1) is 10.2 Å². The van der Waals surface area contributed by atoms with Crippen LogP contribution in [0.3, 0.4) is 0 Å². The van der Waals surface area contributed by atoms with E-state index in [-0.39, 0.29) is 17.8 Å². The van der Waals surface area contributed by atoms with Crippen LogP contribution in [0, 0.1) is 5.82 Å². The zero-order chi connectivity index (χ0) is 13.8. The van der Waals surface area contributed by atoms with Crippen molar-refractivity contribution in [1.29, 1.82) is 0 Å². The molecule has 102 valence electrons. The Kier molecular flexibility index (Phi) is 4.31. The van der Waals surface area contributed by atoms with Crippen molar-refractivity contribution in [3.8, 4) is 0 Å². The van der Waals surface area contributed by atoms with Crippen molar-refractivity contribution >= 4 is 32.6 Å². The van der Waals surface area contributed by atoms with Crippen molar-refractivity contribution in [3.63, 3.8) is 0 Å². The molecule has 2 aromatic rings. The first-order chi connectivity index (χ1) is 9.04. The number of thiazole rings is 1. The van der Waals surface area contributed by atoms with Crippen LogP contribution in [-0.2, 0) is 4.79 Å². The van der Waals surface area contributed by atoms with E-state index < -0.39 is 0 Å². The van der Waals surface area contributed by atoms with Crippen molar-refractivity contribution < 1.29 is 9.18 Å². The summed E-state index contributed by atoms with van der Waals surface area (Å²) in [6, 6.07) is 4.68. The average Bonchev–Trinajstić information content (AvgIpc) is 2.69. The van der Waals surface area contributed by atoms with E-state index in [1.807, 2.05) is 13.8 Å². The SMILES string of the molecule is CC(C)NC(=O)CCNc1nc2cc(F)ccc2s1. The van der Waals surface area contributed by atoms with Crippen LogP contribution in [-0.4, -0.2) is 23.5 Å². The van der Waals surface area contributed by atoms with Gasteiger partial charge in [-0.3, -0.25) is 4.79 Å². The number of benzene rings is 1. The molecule has 0 unspecified atom stereocenters. The monoisotopic (exact) mass is 281 g/mol. The predicted octanol–water partition coefficient (Wildman–Crippen LogP) is 2.76. The second-order valence-corrected chi connectivity index (χ2v) is 5.56. The van der Waals surface area contributed by atoms with E-state index in [0.717, 1.165) is 4.70 Å². The summed E-state index contributed by atoms with van der Waals surface area (Å²) in [6.07, 6.45) is 0.391. The van der Waals surface area contributed by atoms with E-state index in [9.17, 15) is 9.18 Å². The van der Waals surface area contributed by atoms with Gasteiger partial charge >= 0.3 is 0 Å². The minimum Gasteiger partial charge on any atom is -0.361 e. The normalized spacial score (nSPS) is 10.9. The number of halogens is 1. The Labute approximate surface area is 115 Å². The summed E-state index contributed by atoms with van der Waals surface area (Å²) in [4.78, 5) is 15.7. The molecule has 2 N–H and O–H groups in total. The van der Waals surface area contributed by atoms with Gasteiger partial charge in [-0.15, -0.1) is 0 Å². The Bertz CT molecular complexity index is 582. The predicted molar refractivity (Wildman–Crippen MR) is 76.0 cm³/mol. The smallest absolute Gasteiger partial charge is 0.221 e. The molecule has 0 radical (unpaired) electrons. The lowest BCUT2D eigenvalue weighted by Gasteiger charge is -2.08. The molecule has 0 atom stereocenters. The first kappa shape index (κ1) is 13.7. The fraction of sp³-hybridized carbons (Fsp3) is 0.385. The largest absolute Gasteiger partial charge is 0.361 e. The van der Waals surface area contributed by atoms with Crippen LogP contribution in [0.1, 0.15) is 20.3 Å². The maximum atomic E-state index is 13.0. The number of carbonyl (C=O) groups is 1. The number of nitrogens with one attached hydrogen (secondary N) is 2. The number of carbonyl (C=O) groups excluding carboxylic acids is 1. The molecule has 1 aromatic heterocycles. The van der Waals surface area contributed by atoms with Gasteiger partial charge in [0.2, 0.25) is 5.91 Å². The third-order valence-corrected chi connectivity index (χ3v) is 3.42. The van der Waals surface area contributed by atoms with E-state index in [1.165, 1.54) is 23.5 Å². The van der Waals surface area contributed by atoms with Gasteiger partial charge in [-0.25, -0.2) is 9.37 Å². The molecule has 0 aliphatic heterocycles. The average molecular weight is 281 g/mol. The van der Waals surface area contributed by atoms with Crippen LogP contribution in [0.5, 0.6) is 0 Å². The molecule has 0 bridgehead atoms. The molecule has 1 heterocycles. The molecular formula is C13H16FN3OS. The number of fused-ring (bicyclic) bond motifs is 1. The lowest BCUT2D eigenvalue weighted by molar-refractivity contribution is -0.121. The summed E-state index contributed by atoms with van der Waals surface area (Å²) in [5.74, 6) is -0.282. The third kappa shape index (κ3) is 3.89. The van der Waals surface area contributed by atoms with Crippen molar-refractivity contribution in [3.05, 3.63) is 24.0 Å². The summed E-state index contributed by atoms with van der Waals surface area (Å²) < 4.78 is 13.9. The topological polar surface area (TPSA) is 54.0 Å². The maximum Gasteiger partial charge on any atom is 0.221 e. The highest BCUT2D eigenvalue weighted by molar-refractivity contribution is 7.22. The van der Waals surface area contributed by atoms with E-state index >= 15 is 0 Å². The molecule has 0 aliphatic rings. The van der Waals surface area contributed by atoms with E-state index in [0.29, 0.717) is 23.6 Å². The highest BCUT2D eigenvalue weighted by Gasteiger charge is 2.06. The van der Waals surface area contributed by atoms with Crippen LogP contribution in [0.15, 0.2) is 18.2 Å². The van der Waals surface area contributed by atoms with E-state index in [4.69, 9.17) is 0 Å². The highest BCUT2D eigenvalue weighted by Crippen LogP contribution is 2.26. The molecule has 0 aliphatic carbocycles. The van der Waals surface area contributed by atoms with Gasteiger partial charge in [0.15, 0.2) is 5.13 Å². The Morgan fingerprint density at radius 2 is 2.26 bits per heavy atom. The maximum absolute atomic E-state index is 13.0. The fourth-order valence-corrected chi connectivity index (χ4v) is 2.53. The van der Waals surface area contributed by atoms with E-state index in [2.05, 4.69) is 15.6 Å². The second-order valence-electron chi connectivity index (χ2n) is 4.53. The number of rotatable bonds is 5. The van der Waals surface area contributed by atoms with Crippen molar-refractivity contribution in [1.82, 2.24) is 10.3 Å². The summed E-state index contributed by atoms with van der Waals surface area (Å²) in [7, 11) is 0. The molecule has 4 nitrogen and oxygen atoms in total. The first-order valence-corrected chi connectivity index (χ1v) is 6.95. The van der Waals surface area contributed by atoms with Crippen LogP contribution < -0.4 is 10.6 Å². The molecule has 0 saturated heterocycles. The number of anilines is 1. The van der Waals surface area contributed by atoms with Gasteiger partial charge in [0, 0.05) is 25.1 Å². The zero-order valence-corrected chi connectivity index (χ0v) is 11.7. The van der Waals surface area contributed by atoms with Gasteiger partial charge in [0.25, 0.3) is 0 Å². The van der Waals surface area contributed by atoms with Gasteiger partial charge in [-0.05, 0) is 26.0 Å². The molecule has 19 heavy (non-hydrogen) atoms. The molecule has 1 aromatic carbocycles. The highest BCUT2D eigenvalue weighted by atomic mass is 32.1. The quantitative estimate of drug-likeness (QED) is 0.886. The standard InChI is InChI=1S/C13H16FN3OS/c1-8(2)16-12(18)5-6-15-13-17-10-7-9(14)3-4-11(10)19-13/h3-4,7-8H,5-6H2,1-2H3,(H,15,17)(H,16,18). The van der Waals surface area contributed by atoms with Crippen molar-refractivity contribution in [2.45, 2.75) is 26.3 Å². The molecule has 2 rings (SSSR count). The van der Waals surface area contributed by atoms with Gasteiger partial charge in [0.1, 0.15) is 5.82 Å². The minimum atomic E-state index is -0.291. The molecular weight excluding hydrogens is 265 g/mol. The fourth-order valence-electron chi connectivity index (χ4n) is 1.65. The van der Waals surface area contributed by atoms with Crippen LogP contribution in [0.4, 0.5) is 9.52 Å². The van der Waals surface area contributed by atoms with Crippen LogP contribution >= 0.6 is 11.3 Å².